The molecule has 5 nitrogen and oxygen atoms in total. The molecule has 0 bridgehead atoms. The van der Waals surface area contributed by atoms with E-state index in [1.54, 1.807) is 0 Å². The molecule has 2 rings (SSSR count). The largest absolute Gasteiger partial charge is 0.357 e. The number of nitrogens with zero attached hydrogens (tertiary/aromatic N) is 4. The molecule has 1 N–H and O–H groups in total. The van der Waals surface area contributed by atoms with Crippen LogP contribution < -0.4 is 5.32 Å². The molecule has 23 heavy (non-hydrogen) atoms. The van der Waals surface area contributed by atoms with Crippen LogP contribution in [0.5, 0.6) is 0 Å². The summed E-state index contributed by atoms with van der Waals surface area (Å²) < 4.78 is 1.99. The number of hydrogen-bond acceptors (Lipinski definition) is 2. The van der Waals surface area contributed by atoms with Crippen LogP contribution in [0.25, 0.3) is 5.69 Å². The monoisotopic (exact) mass is 427 g/mol. The summed E-state index contributed by atoms with van der Waals surface area (Å²) in [6, 6.07) is 10.4. The lowest BCUT2D eigenvalue weighted by Gasteiger charge is -2.17. The summed E-state index contributed by atoms with van der Waals surface area (Å²) in [7, 11) is 3.99. The van der Waals surface area contributed by atoms with Crippen molar-refractivity contribution in [2.24, 2.45) is 4.99 Å². The summed E-state index contributed by atoms with van der Waals surface area (Å²) >= 11 is 0. The van der Waals surface area contributed by atoms with E-state index in [9.17, 15) is 0 Å². The zero-order chi connectivity index (χ0) is 16.1. The maximum atomic E-state index is 4.70. The molecule has 0 atom stereocenters. The van der Waals surface area contributed by atoms with Gasteiger partial charge in [0.25, 0.3) is 0 Å². The average molecular weight is 427 g/mol. The second-order valence-electron chi connectivity index (χ2n) is 5.53. The highest BCUT2D eigenvalue weighted by atomic mass is 127. The van der Waals surface area contributed by atoms with Crippen molar-refractivity contribution in [3.8, 4) is 5.69 Å². The van der Waals surface area contributed by atoms with E-state index in [0.717, 1.165) is 35.1 Å². The molecule has 6 heteroatoms. The van der Waals surface area contributed by atoms with E-state index in [1.165, 1.54) is 0 Å². The Labute approximate surface area is 155 Å². The van der Waals surface area contributed by atoms with Crippen molar-refractivity contribution in [3.63, 3.8) is 0 Å². The number of aliphatic imine (C=N–C) groups is 1. The van der Waals surface area contributed by atoms with Crippen molar-refractivity contribution in [1.29, 1.82) is 0 Å². The van der Waals surface area contributed by atoms with E-state index in [-0.39, 0.29) is 24.0 Å². The topological polar surface area (TPSA) is 45.5 Å². The van der Waals surface area contributed by atoms with Crippen LogP contribution in [0, 0.1) is 13.8 Å². The number of aryl methyl sites for hydroxylation is 2. The van der Waals surface area contributed by atoms with Crippen LogP contribution in [0.2, 0.25) is 0 Å². The summed E-state index contributed by atoms with van der Waals surface area (Å²) in [4.78, 5) is 6.69. The highest BCUT2D eigenvalue weighted by Crippen LogP contribution is 2.17. The molecule has 0 spiro atoms. The van der Waals surface area contributed by atoms with Crippen LogP contribution in [0.4, 0.5) is 0 Å². The Morgan fingerprint density at radius 1 is 1.26 bits per heavy atom. The smallest absolute Gasteiger partial charge is 0.193 e. The maximum Gasteiger partial charge on any atom is 0.193 e. The summed E-state index contributed by atoms with van der Waals surface area (Å²) in [5.74, 6) is 0.894. The predicted octanol–water partition coefficient (Wildman–Crippen LogP) is 3.13. The Balaban J connectivity index is 0.00000264. The molecule has 0 aliphatic rings. The van der Waals surface area contributed by atoms with Crippen molar-refractivity contribution in [2.75, 3.05) is 20.6 Å². The average Bonchev–Trinajstić information content (AvgIpc) is 2.82. The van der Waals surface area contributed by atoms with Crippen LogP contribution in [0.1, 0.15) is 23.9 Å². The number of rotatable bonds is 4. The van der Waals surface area contributed by atoms with Gasteiger partial charge in [0.1, 0.15) is 0 Å². The number of benzene rings is 1. The highest BCUT2D eigenvalue weighted by molar-refractivity contribution is 14.0. The molecule has 0 saturated heterocycles. The van der Waals surface area contributed by atoms with Gasteiger partial charge < -0.3 is 10.2 Å². The normalized spacial score (nSPS) is 11.1. The highest BCUT2D eigenvalue weighted by Gasteiger charge is 2.09. The summed E-state index contributed by atoms with van der Waals surface area (Å²) in [6.45, 7) is 7.64. The van der Waals surface area contributed by atoms with E-state index in [1.807, 2.05) is 42.7 Å². The second kappa shape index (κ2) is 8.90. The van der Waals surface area contributed by atoms with Gasteiger partial charge in [-0.1, -0.05) is 18.2 Å². The van der Waals surface area contributed by atoms with Crippen molar-refractivity contribution in [1.82, 2.24) is 20.0 Å². The fraction of sp³-hybridized carbons (Fsp3) is 0.412. The van der Waals surface area contributed by atoms with Gasteiger partial charge in [-0.05, 0) is 38.5 Å². The van der Waals surface area contributed by atoms with Gasteiger partial charge in [0.05, 0.1) is 17.9 Å². The van der Waals surface area contributed by atoms with Crippen LogP contribution in [0.15, 0.2) is 35.3 Å². The van der Waals surface area contributed by atoms with Crippen molar-refractivity contribution in [2.45, 2.75) is 27.3 Å². The van der Waals surface area contributed by atoms with Gasteiger partial charge in [0.2, 0.25) is 0 Å². The van der Waals surface area contributed by atoms with Gasteiger partial charge in [-0.2, -0.15) is 5.10 Å². The van der Waals surface area contributed by atoms with Crippen LogP contribution in [0.3, 0.4) is 0 Å². The molecule has 2 aromatic rings. The SMILES string of the molecule is CCNC(=NCc1ccccc1-n1nc(C)cc1C)N(C)C.I. The van der Waals surface area contributed by atoms with E-state index in [2.05, 4.69) is 42.5 Å². The molecule has 126 valence electrons. The molecule has 1 aromatic heterocycles. The van der Waals surface area contributed by atoms with Gasteiger partial charge in [-0.3, -0.25) is 0 Å². The number of halogens is 1. The fourth-order valence-corrected chi connectivity index (χ4v) is 2.40. The lowest BCUT2D eigenvalue weighted by molar-refractivity contribution is 0.583. The standard InChI is InChI=1S/C17H25N5.HI/c1-6-18-17(21(4)5)19-12-15-9-7-8-10-16(15)22-14(3)11-13(2)20-22;/h7-11H,6,12H2,1-5H3,(H,18,19);1H. The Bertz CT molecular complexity index is 661. The molecule has 0 amide bonds. The summed E-state index contributed by atoms with van der Waals surface area (Å²) in [5, 5.41) is 7.86. The lowest BCUT2D eigenvalue weighted by atomic mass is 10.2. The summed E-state index contributed by atoms with van der Waals surface area (Å²) in [5.41, 5.74) is 4.41. The number of aromatic nitrogens is 2. The minimum atomic E-state index is 0. The molecule has 0 aliphatic carbocycles. The Morgan fingerprint density at radius 2 is 1.96 bits per heavy atom. The first-order valence-corrected chi connectivity index (χ1v) is 7.60. The lowest BCUT2D eigenvalue weighted by Crippen LogP contribution is -2.36. The molecule has 1 aromatic carbocycles. The molecule has 0 radical (unpaired) electrons. The van der Waals surface area contributed by atoms with Gasteiger partial charge in [0.15, 0.2) is 5.96 Å². The first kappa shape index (κ1) is 19.5. The van der Waals surface area contributed by atoms with Gasteiger partial charge in [0, 0.05) is 26.3 Å². The number of hydrogen-bond donors (Lipinski definition) is 1. The van der Waals surface area contributed by atoms with Crippen molar-refractivity contribution < 1.29 is 0 Å². The van der Waals surface area contributed by atoms with Gasteiger partial charge in [-0.25, -0.2) is 9.67 Å². The number of nitrogens with one attached hydrogen (secondary N) is 1. The van der Waals surface area contributed by atoms with Crippen LogP contribution in [-0.2, 0) is 6.54 Å². The van der Waals surface area contributed by atoms with E-state index < -0.39 is 0 Å². The Morgan fingerprint density at radius 3 is 2.52 bits per heavy atom. The van der Waals surface area contributed by atoms with E-state index in [4.69, 9.17) is 4.99 Å². The van der Waals surface area contributed by atoms with E-state index >= 15 is 0 Å². The quantitative estimate of drug-likeness (QED) is 0.464. The van der Waals surface area contributed by atoms with E-state index in [0.29, 0.717) is 6.54 Å². The van der Waals surface area contributed by atoms with Crippen molar-refractivity contribution in [3.05, 3.63) is 47.3 Å². The zero-order valence-corrected chi connectivity index (χ0v) is 16.8. The van der Waals surface area contributed by atoms with Gasteiger partial charge in [-0.15, -0.1) is 24.0 Å². The fourth-order valence-electron chi connectivity index (χ4n) is 2.40. The van der Waals surface area contributed by atoms with Crippen LogP contribution in [-0.4, -0.2) is 41.3 Å². The molecule has 0 saturated carbocycles. The molecular formula is C17H26IN5. The second-order valence-corrected chi connectivity index (χ2v) is 5.53. The van der Waals surface area contributed by atoms with Gasteiger partial charge >= 0.3 is 0 Å². The molecule has 1 heterocycles. The number of guanidine groups is 1. The van der Waals surface area contributed by atoms with Crippen molar-refractivity contribution >= 4 is 29.9 Å². The molecular weight excluding hydrogens is 401 g/mol. The first-order valence-electron chi connectivity index (χ1n) is 7.60. The minimum absolute atomic E-state index is 0. The molecule has 0 fully saturated rings. The Hall–Kier alpha value is -1.57. The third-order valence-corrected chi connectivity index (χ3v) is 3.39. The maximum absolute atomic E-state index is 4.70. The molecule has 0 unspecified atom stereocenters. The van der Waals surface area contributed by atoms with Crippen LogP contribution >= 0.6 is 24.0 Å². The predicted molar refractivity (Wildman–Crippen MR) is 107 cm³/mol. The molecule has 0 aliphatic heterocycles. The zero-order valence-electron chi connectivity index (χ0n) is 14.5. The number of para-hydroxylation sites is 1. The first-order chi connectivity index (χ1) is 10.5. The summed E-state index contributed by atoms with van der Waals surface area (Å²) in [6.07, 6.45) is 0. The minimum Gasteiger partial charge on any atom is -0.357 e. The Kier molecular flexibility index (Phi) is 7.54. The third-order valence-electron chi connectivity index (χ3n) is 3.39. The third kappa shape index (κ3) is 4.95.